The maximum Gasteiger partial charge on any atom is 0.272 e. The third-order valence-corrected chi connectivity index (χ3v) is 3.30. The van der Waals surface area contributed by atoms with Gasteiger partial charge < -0.3 is 4.90 Å². The molecule has 1 atom stereocenters. The Morgan fingerprint density at radius 1 is 1.39 bits per heavy atom. The number of nitro groups is 1. The largest absolute Gasteiger partial charge is 0.369 e. The Balaban J connectivity index is 3.06. The Hall–Kier alpha value is -1.58. The van der Waals surface area contributed by atoms with Crippen LogP contribution in [-0.4, -0.2) is 17.5 Å². The van der Waals surface area contributed by atoms with Gasteiger partial charge in [-0.2, -0.15) is 0 Å². The molecule has 0 saturated carbocycles. The van der Waals surface area contributed by atoms with E-state index < -0.39 is 0 Å². The molecule has 4 nitrogen and oxygen atoms in total. The number of nitro benzene ring substituents is 1. The molecule has 100 valence electrons. The molecule has 4 heteroatoms. The monoisotopic (exact) mass is 250 g/mol. The van der Waals surface area contributed by atoms with Crippen LogP contribution in [0, 0.1) is 17.0 Å². The first-order valence-electron chi connectivity index (χ1n) is 6.52. The highest BCUT2D eigenvalue weighted by Gasteiger charge is 2.16. The zero-order valence-corrected chi connectivity index (χ0v) is 11.6. The molecule has 0 aromatic heterocycles. The van der Waals surface area contributed by atoms with Crippen molar-refractivity contribution >= 4 is 11.4 Å². The summed E-state index contributed by atoms with van der Waals surface area (Å²) in [5, 5.41) is 10.8. The average Bonchev–Trinajstić information content (AvgIpc) is 2.34. The zero-order chi connectivity index (χ0) is 13.7. The summed E-state index contributed by atoms with van der Waals surface area (Å²) in [6.07, 6.45) is 2.14. The predicted octanol–water partition coefficient (Wildman–Crippen LogP) is 3.92. The van der Waals surface area contributed by atoms with Crippen LogP contribution in [0.1, 0.15) is 39.2 Å². The molecule has 1 rings (SSSR count). The molecule has 0 radical (unpaired) electrons. The van der Waals surface area contributed by atoms with Crippen molar-refractivity contribution in [3.05, 3.63) is 33.9 Å². The van der Waals surface area contributed by atoms with E-state index in [1.807, 2.05) is 12.1 Å². The molecule has 0 aliphatic rings. The van der Waals surface area contributed by atoms with E-state index >= 15 is 0 Å². The Morgan fingerprint density at radius 2 is 2.06 bits per heavy atom. The summed E-state index contributed by atoms with van der Waals surface area (Å²) in [7, 11) is 0. The van der Waals surface area contributed by atoms with Gasteiger partial charge in [-0.3, -0.25) is 10.1 Å². The van der Waals surface area contributed by atoms with Crippen molar-refractivity contribution in [3.8, 4) is 0 Å². The second kappa shape index (κ2) is 6.38. The van der Waals surface area contributed by atoms with Crippen LogP contribution in [0.5, 0.6) is 0 Å². The van der Waals surface area contributed by atoms with Gasteiger partial charge in [0.05, 0.1) is 4.92 Å². The van der Waals surface area contributed by atoms with Gasteiger partial charge in [0.2, 0.25) is 0 Å². The van der Waals surface area contributed by atoms with Crippen molar-refractivity contribution in [1.29, 1.82) is 0 Å². The lowest BCUT2D eigenvalue weighted by Gasteiger charge is -2.30. The Bertz CT molecular complexity index is 418. The summed E-state index contributed by atoms with van der Waals surface area (Å²) in [6, 6.07) is 5.83. The van der Waals surface area contributed by atoms with Crippen molar-refractivity contribution in [2.24, 2.45) is 0 Å². The molecule has 0 fully saturated rings. The Kier molecular flexibility index (Phi) is 5.13. The predicted molar refractivity (Wildman–Crippen MR) is 75.2 cm³/mol. The Labute approximate surface area is 109 Å². The summed E-state index contributed by atoms with van der Waals surface area (Å²) in [5.41, 5.74) is 2.00. The number of hydrogen-bond donors (Lipinski definition) is 0. The molecule has 0 N–H and O–H groups in total. The first-order chi connectivity index (χ1) is 8.51. The van der Waals surface area contributed by atoms with Gasteiger partial charge in [0, 0.05) is 29.9 Å². The second-order valence-corrected chi connectivity index (χ2v) is 4.68. The fourth-order valence-electron chi connectivity index (χ4n) is 2.09. The summed E-state index contributed by atoms with van der Waals surface area (Å²) in [4.78, 5) is 12.8. The van der Waals surface area contributed by atoms with Gasteiger partial charge in [0.1, 0.15) is 0 Å². The van der Waals surface area contributed by atoms with E-state index in [2.05, 4.69) is 25.7 Å². The van der Waals surface area contributed by atoms with E-state index in [0.29, 0.717) is 6.04 Å². The molecule has 0 amide bonds. The molecule has 1 aromatic carbocycles. The lowest BCUT2D eigenvalue weighted by molar-refractivity contribution is -0.385. The maximum absolute atomic E-state index is 10.8. The van der Waals surface area contributed by atoms with E-state index in [9.17, 15) is 10.1 Å². The summed E-state index contributed by atoms with van der Waals surface area (Å²) >= 11 is 0. The van der Waals surface area contributed by atoms with E-state index in [0.717, 1.165) is 30.6 Å². The molecular weight excluding hydrogens is 228 g/mol. The number of nitrogens with zero attached hydrogens (tertiary/aromatic N) is 2. The maximum atomic E-state index is 10.8. The van der Waals surface area contributed by atoms with Crippen molar-refractivity contribution in [2.45, 2.75) is 46.6 Å². The van der Waals surface area contributed by atoms with Gasteiger partial charge in [-0.25, -0.2) is 0 Å². The van der Waals surface area contributed by atoms with E-state index in [4.69, 9.17) is 0 Å². The highest BCUT2D eigenvalue weighted by atomic mass is 16.6. The lowest BCUT2D eigenvalue weighted by atomic mass is 10.1. The van der Waals surface area contributed by atoms with E-state index in [1.54, 1.807) is 13.0 Å². The molecular formula is C14H22N2O2. The van der Waals surface area contributed by atoms with Crippen LogP contribution in [0.25, 0.3) is 0 Å². The standard InChI is InChI=1S/C14H22N2O2/c1-5-9-15(12(4)6-2)13-7-8-14(16(17)18)11(3)10-13/h7-8,10,12H,5-6,9H2,1-4H3/t12-/m1/s1. The van der Waals surface area contributed by atoms with Crippen molar-refractivity contribution < 1.29 is 4.92 Å². The van der Waals surface area contributed by atoms with Crippen molar-refractivity contribution in [1.82, 2.24) is 0 Å². The smallest absolute Gasteiger partial charge is 0.272 e. The number of anilines is 1. The third-order valence-electron chi connectivity index (χ3n) is 3.30. The van der Waals surface area contributed by atoms with Crippen molar-refractivity contribution in [2.75, 3.05) is 11.4 Å². The van der Waals surface area contributed by atoms with Gasteiger partial charge in [0.25, 0.3) is 5.69 Å². The van der Waals surface area contributed by atoms with Crippen LogP contribution in [0.2, 0.25) is 0 Å². The SMILES string of the molecule is CCCN(c1ccc([N+](=O)[O-])c(C)c1)[C@H](C)CC. The van der Waals surface area contributed by atoms with Crippen LogP contribution in [0.15, 0.2) is 18.2 Å². The fourth-order valence-corrected chi connectivity index (χ4v) is 2.09. The van der Waals surface area contributed by atoms with Crippen LogP contribution >= 0.6 is 0 Å². The van der Waals surface area contributed by atoms with E-state index in [-0.39, 0.29) is 10.6 Å². The minimum atomic E-state index is -0.327. The zero-order valence-electron chi connectivity index (χ0n) is 11.6. The summed E-state index contributed by atoms with van der Waals surface area (Å²) in [6.45, 7) is 9.26. The summed E-state index contributed by atoms with van der Waals surface area (Å²) in [5.74, 6) is 0. The molecule has 0 saturated heterocycles. The number of rotatable bonds is 6. The lowest BCUT2D eigenvalue weighted by Crippen LogP contribution is -2.33. The highest BCUT2D eigenvalue weighted by Crippen LogP contribution is 2.26. The van der Waals surface area contributed by atoms with Crippen molar-refractivity contribution in [3.63, 3.8) is 0 Å². The molecule has 0 aliphatic heterocycles. The number of hydrogen-bond acceptors (Lipinski definition) is 3. The first kappa shape index (κ1) is 14.5. The minimum absolute atomic E-state index is 0.194. The van der Waals surface area contributed by atoms with E-state index in [1.165, 1.54) is 0 Å². The molecule has 0 unspecified atom stereocenters. The molecule has 1 aromatic rings. The van der Waals surface area contributed by atoms with Crippen LogP contribution in [0.4, 0.5) is 11.4 Å². The molecule has 0 spiro atoms. The van der Waals surface area contributed by atoms with Crippen LogP contribution in [-0.2, 0) is 0 Å². The fraction of sp³-hybridized carbons (Fsp3) is 0.571. The molecule has 0 bridgehead atoms. The topological polar surface area (TPSA) is 46.4 Å². The van der Waals surface area contributed by atoms with Crippen LogP contribution < -0.4 is 4.90 Å². The molecule has 18 heavy (non-hydrogen) atoms. The van der Waals surface area contributed by atoms with Gasteiger partial charge in [-0.1, -0.05) is 13.8 Å². The first-order valence-corrected chi connectivity index (χ1v) is 6.52. The summed E-state index contributed by atoms with van der Waals surface area (Å²) < 4.78 is 0. The third kappa shape index (κ3) is 3.22. The Morgan fingerprint density at radius 3 is 2.50 bits per heavy atom. The molecule has 0 aliphatic carbocycles. The van der Waals surface area contributed by atoms with Gasteiger partial charge >= 0.3 is 0 Å². The van der Waals surface area contributed by atoms with Gasteiger partial charge in [0.15, 0.2) is 0 Å². The quantitative estimate of drug-likeness (QED) is 0.568. The second-order valence-electron chi connectivity index (χ2n) is 4.68. The van der Waals surface area contributed by atoms with Crippen LogP contribution in [0.3, 0.4) is 0 Å². The normalized spacial score (nSPS) is 12.2. The molecule has 0 heterocycles. The van der Waals surface area contributed by atoms with Gasteiger partial charge in [-0.15, -0.1) is 0 Å². The number of benzene rings is 1. The average molecular weight is 250 g/mol. The highest BCUT2D eigenvalue weighted by molar-refractivity contribution is 5.55. The van der Waals surface area contributed by atoms with Gasteiger partial charge in [-0.05, 0) is 38.8 Å². The number of aryl methyl sites for hydroxylation is 1. The minimum Gasteiger partial charge on any atom is -0.369 e.